The molecule has 1 aromatic rings. The Morgan fingerprint density at radius 1 is 0.467 bits per heavy atom. The Morgan fingerprint density at radius 2 is 0.822 bits per heavy atom. The van der Waals surface area contributed by atoms with E-state index in [4.69, 9.17) is 10.5 Å². The van der Waals surface area contributed by atoms with Crippen LogP contribution in [0.3, 0.4) is 0 Å². The number of nitrogens with zero attached hydrogens (tertiary/aromatic N) is 2. The molecule has 0 bridgehead atoms. The second-order valence-corrected chi connectivity index (χ2v) is 14.3. The summed E-state index contributed by atoms with van der Waals surface area (Å²) in [7, 11) is 0. The van der Waals surface area contributed by atoms with Crippen LogP contribution in [-0.4, -0.2) is 0 Å². The molecule has 256 valence electrons. The first-order valence-corrected chi connectivity index (χ1v) is 20.0. The van der Waals surface area contributed by atoms with Gasteiger partial charge >= 0.3 is 0 Å². The van der Waals surface area contributed by atoms with E-state index in [1.807, 2.05) is 0 Å². The molecular formula is C43H74N2. The molecule has 0 aliphatic carbocycles. The Balaban J connectivity index is 2.81. The van der Waals surface area contributed by atoms with Crippen LogP contribution in [0.4, 0.5) is 0 Å². The van der Waals surface area contributed by atoms with Crippen molar-refractivity contribution in [2.24, 2.45) is 0 Å². The predicted molar refractivity (Wildman–Crippen MR) is 198 cm³/mol. The zero-order valence-corrected chi connectivity index (χ0v) is 30.5. The Kier molecular flexibility index (Phi) is 28.2. The highest BCUT2D eigenvalue weighted by Gasteiger charge is 2.17. The van der Waals surface area contributed by atoms with Crippen LogP contribution in [0.15, 0.2) is 18.2 Å². The minimum atomic E-state index is 0.681. The van der Waals surface area contributed by atoms with E-state index in [1.54, 1.807) is 11.1 Å². The topological polar surface area (TPSA) is 47.6 Å². The highest BCUT2D eigenvalue weighted by Crippen LogP contribution is 2.35. The van der Waals surface area contributed by atoms with Crippen LogP contribution in [-0.2, 0) is 0 Å². The second-order valence-electron chi connectivity index (χ2n) is 14.3. The van der Waals surface area contributed by atoms with Crippen LogP contribution in [0.2, 0.25) is 0 Å². The van der Waals surface area contributed by atoms with Gasteiger partial charge in [-0.3, -0.25) is 0 Å². The lowest BCUT2D eigenvalue weighted by Crippen LogP contribution is -2.05. The molecule has 2 heteroatoms. The van der Waals surface area contributed by atoms with Crippen molar-refractivity contribution in [2.75, 3.05) is 0 Å². The maximum Gasteiger partial charge on any atom is 0.0621 e. The van der Waals surface area contributed by atoms with Crippen LogP contribution in [0.25, 0.3) is 0 Å². The number of nitriles is 2. The van der Waals surface area contributed by atoms with E-state index in [1.165, 1.54) is 173 Å². The van der Waals surface area contributed by atoms with E-state index < -0.39 is 0 Å². The van der Waals surface area contributed by atoms with Crippen molar-refractivity contribution in [3.8, 4) is 12.1 Å². The molecule has 2 atom stereocenters. The molecular weight excluding hydrogens is 544 g/mol. The fraction of sp³-hybridized carbons (Fsp3) is 0.814. The van der Waals surface area contributed by atoms with Crippen LogP contribution in [0.1, 0.15) is 235 Å². The summed E-state index contributed by atoms with van der Waals surface area (Å²) in [5, 5.41) is 17.8. The average molecular weight is 619 g/mol. The molecule has 1 aromatic carbocycles. The molecule has 0 heterocycles. The summed E-state index contributed by atoms with van der Waals surface area (Å²) in [5.74, 6) is 1.36. The van der Waals surface area contributed by atoms with Gasteiger partial charge < -0.3 is 0 Å². The first-order valence-electron chi connectivity index (χ1n) is 20.0. The van der Waals surface area contributed by atoms with Gasteiger partial charge in [-0.25, -0.2) is 0 Å². The number of hydrogen-bond acceptors (Lipinski definition) is 2. The van der Waals surface area contributed by atoms with E-state index in [0.29, 0.717) is 24.7 Å². The van der Waals surface area contributed by atoms with Crippen molar-refractivity contribution in [3.05, 3.63) is 34.9 Å². The van der Waals surface area contributed by atoms with Crippen LogP contribution >= 0.6 is 0 Å². The number of unbranched alkanes of at least 4 members (excludes halogenated alkanes) is 22. The van der Waals surface area contributed by atoms with Gasteiger partial charge in [0.1, 0.15) is 0 Å². The first kappa shape index (κ1) is 41.2. The van der Waals surface area contributed by atoms with Crippen molar-refractivity contribution >= 4 is 0 Å². The minimum Gasteiger partial charge on any atom is -0.198 e. The van der Waals surface area contributed by atoms with Crippen LogP contribution in [0.5, 0.6) is 0 Å². The van der Waals surface area contributed by atoms with Crippen molar-refractivity contribution in [1.82, 2.24) is 0 Å². The maximum absolute atomic E-state index is 8.89. The molecule has 0 aromatic heterocycles. The third-order valence-corrected chi connectivity index (χ3v) is 10.2. The van der Waals surface area contributed by atoms with Gasteiger partial charge in [-0.05, 0) is 74.0 Å². The lowest BCUT2D eigenvalue weighted by atomic mass is 9.82. The molecule has 45 heavy (non-hydrogen) atoms. The van der Waals surface area contributed by atoms with E-state index in [2.05, 4.69) is 51.1 Å². The van der Waals surface area contributed by atoms with E-state index in [0.717, 1.165) is 12.8 Å². The van der Waals surface area contributed by atoms with Crippen molar-refractivity contribution < 1.29 is 0 Å². The molecule has 0 aliphatic rings. The summed E-state index contributed by atoms with van der Waals surface area (Å²) in [5.41, 5.74) is 4.72. The van der Waals surface area contributed by atoms with E-state index in [9.17, 15) is 0 Å². The third-order valence-electron chi connectivity index (χ3n) is 10.2. The van der Waals surface area contributed by atoms with Gasteiger partial charge in [0.15, 0.2) is 0 Å². The summed E-state index contributed by atoms with van der Waals surface area (Å²) < 4.78 is 0. The fourth-order valence-corrected chi connectivity index (χ4v) is 7.29. The predicted octanol–water partition coefficient (Wildman–Crippen LogP) is 15.0. The largest absolute Gasteiger partial charge is 0.198 e. The number of aryl methyl sites for hydroxylation is 1. The lowest BCUT2D eigenvalue weighted by molar-refractivity contribution is 0.482. The molecule has 0 fully saturated rings. The molecule has 2 nitrogen and oxygen atoms in total. The Morgan fingerprint density at radius 3 is 1.20 bits per heavy atom. The highest BCUT2D eigenvalue weighted by atomic mass is 14.2. The molecule has 0 aliphatic heterocycles. The molecule has 0 spiro atoms. The molecule has 1 rings (SSSR count). The zero-order valence-electron chi connectivity index (χ0n) is 30.5. The Hall–Kier alpha value is -1.80. The smallest absolute Gasteiger partial charge is 0.0621 e. The molecule has 0 saturated carbocycles. The summed E-state index contributed by atoms with van der Waals surface area (Å²) in [6, 6.07) is 12.2. The van der Waals surface area contributed by atoms with E-state index >= 15 is 0 Å². The van der Waals surface area contributed by atoms with Gasteiger partial charge in [-0.15, -0.1) is 0 Å². The molecule has 0 radical (unpaired) electrons. The molecule has 0 amide bonds. The normalized spacial score (nSPS) is 12.6. The van der Waals surface area contributed by atoms with E-state index in [-0.39, 0.29) is 0 Å². The number of benzene rings is 1. The third kappa shape index (κ3) is 22.4. The summed E-state index contributed by atoms with van der Waals surface area (Å²) in [6.07, 6.45) is 38.6. The van der Waals surface area contributed by atoms with Crippen molar-refractivity contribution in [1.29, 1.82) is 10.5 Å². The SMILES string of the molecule is CCCCCCCCCC[C@@H](CCCCCCC#N)c1ccc([C@H](CCCCCCC#N)CCCCCCCCCC)c(C)c1. The fourth-order valence-electron chi connectivity index (χ4n) is 7.29. The quantitative estimate of drug-likeness (QED) is 0.0754. The van der Waals surface area contributed by atoms with Crippen molar-refractivity contribution in [2.45, 2.75) is 225 Å². The summed E-state index contributed by atoms with van der Waals surface area (Å²) in [6.45, 7) is 6.99. The summed E-state index contributed by atoms with van der Waals surface area (Å²) >= 11 is 0. The highest BCUT2D eigenvalue weighted by molar-refractivity contribution is 5.35. The van der Waals surface area contributed by atoms with Gasteiger partial charge in [0.25, 0.3) is 0 Å². The standard InChI is InChI=1S/C43H74N2/c1-4-6-8-10-12-14-18-24-30-40(31-25-20-16-22-28-36-44)42-34-35-43(39(3)38-42)41(33-27-21-17-23-29-37-45)32-26-19-15-13-11-9-7-5-2/h34-35,38,40-41H,4-33H2,1-3H3/t40-,41-/m0/s1. The molecule has 0 N–H and O–H groups in total. The van der Waals surface area contributed by atoms with Crippen LogP contribution < -0.4 is 0 Å². The monoisotopic (exact) mass is 619 g/mol. The van der Waals surface area contributed by atoms with Gasteiger partial charge in [0.05, 0.1) is 12.1 Å². The molecule has 0 saturated heterocycles. The van der Waals surface area contributed by atoms with Gasteiger partial charge in [-0.1, -0.05) is 173 Å². The number of rotatable bonds is 32. The van der Waals surface area contributed by atoms with Gasteiger partial charge in [-0.2, -0.15) is 10.5 Å². The maximum atomic E-state index is 8.89. The number of hydrogen-bond donors (Lipinski definition) is 0. The first-order chi connectivity index (χ1) is 22.2. The Bertz CT molecular complexity index is 875. The minimum absolute atomic E-state index is 0.681. The average Bonchev–Trinajstić information content (AvgIpc) is 3.05. The Labute approximate surface area is 282 Å². The summed E-state index contributed by atoms with van der Waals surface area (Å²) in [4.78, 5) is 0. The zero-order chi connectivity index (χ0) is 32.6. The molecule has 0 unspecified atom stereocenters. The van der Waals surface area contributed by atoms with Gasteiger partial charge in [0.2, 0.25) is 0 Å². The lowest BCUT2D eigenvalue weighted by Gasteiger charge is -2.23. The van der Waals surface area contributed by atoms with Crippen molar-refractivity contribution in [3.63, 3.8) is 0 Å². The second kappa shape index (κ2) is 30.8. The van der Waals surface area contributed by atoms with Gasteiger partial charge in [0, 0.05) is 12.8 Å². The van der Waals surface area contributed by atoms with Crippen LogP contribution in [0, 0.1) is 29.6 Å².